The van der Waals surface area contributed by atoms with Gasteiger partial charge in [-0.2, -0.15) is 0 Å². The number of ether oxygens (including phenoxy) is 2. The molecule has 0 spiro atoms. The number of amides is 1. The average Bonchev–Trinajstić information content (AvgIpc) is 3.38. The second-order valence-corrected chi connectivity index (χ2v) is 11.8. The molecule has 1 N–H and O–H groups in total. The SMILES string of the molecule is C/C=S(\NC(=O)C(C)C)c1ccc(C(=O)/C=C/c2cc(-c3cc4ccccc4s3)c(OC)cc2OC)cc1. The van der Waals surface area contributed by atoms with Crippen molar-refractivity contribution < 1.29 is 19.1 Å². The van der Waals surface area contributed by atoms with Gasteiger partial charge in [-0.05, 0) is 72.3 Å². The number of hydrogen-bond acceptors (Lipinski definition) is 5. The van der Waals surface area contributed by atoms with Crippen LogP contribution in [0.5, 0.6) is 11.5 Å². The van der Waals surface area contributed by atoms with Crippen LogP contribution in [0.4, 0.5) is 0 Å². The van der Waals surface area contributed by atoms with Crippen LogP contribution in [0.15, 0.2) is 77.7 Å². The summed E-state index contributed by atoms with van der Waals surface area (Å²) in [5.74, 6) is 1.11. The highest BCUT2D eigenvalue weighted by Crippen LogP contribution is 2.41. The Bertz CT molecular complexity index is 1500. The molecule has 0 radical (unpaired) electrons. The van der Waals surface area contributed by atoms with Gasteiger partial charge in [0, 0.05) is 43.1 Å². The van der Waals surface area contributed by atoms with Gasteiger partial charge in [0.2, 0.25) is 5.91 Å². The number of carbonyl (C=O) groups excluding carboxylic acids is 2. The molecule has 1 amide bonds. The zero-order valence-electron chi connectivity index (χ0n) is 22.1. The van der Waals surface area contributed by atoms with Crippen LogP contribution in [-0.4, -0.2) is 31.3 Å². The van der Waals surface area contributed by atoms with Crippen LogP contribution in [0.3, 0.4) is 0 Å². The molecule has 0 saturated heterocycles. The Kier molecular flexibility index (Phi) is 8.81. The first-order valence-electron chi connectivity index (χ1n) is 12.2. The monoisotopic (exact) mass is 545 g/mol. The first-order chi connectivity index (χ1) is 18.3. The van der Waals surface area contributed by atoms with E-state index in [0.717, 1.165) is 20.9 Å². The molecule has 1 atom stereocenters. The van der Waals surface area contributed by atoms with Gasteiger partial charge in [-0.15, -0.1) is 11.3 Å². The molecule has 4 aromatic rings. The molecule has 7 heteroatoms. The molecule has 0 fully saturated rings. The van der Waals surface area contributed by atoms with Crippen LogP contribution in [0.25, 0.3) is 26.6 Å². The fourth-order valence-corrected chi connectivity index (χ4v) is 6.34. The third-order valence-corrected chi connectivity index (χ3v) is 8.84. The second kappa shape index (κ2) is 12.2. The minimum absolute atomic E-state index is 0.00187. The van der Waals surface area contributed by atoms with Crippen molar-refractivity contribution in [3.05, 3.63) is 83.9 Å². The summed E-state index contributed by atoms with van der Waals surface area (Å²) in [5.41, 5.74) is 2.29. The number of hydrogen-bond donors (Lipinski definition) is 1. The lowest BCUT2D eigenvalue weighted by Crippen LogP contribution is -2.23. The Hall–Kier alpha value is -3.68. The van der Waals surface area contributed by atoms with Crippen molar-refractivity contribution in [3.63, 3.8) is 0 Å². The lowest BCUT2D eigenvalue weighted by Gasteiger charge is -2.13. The van der Waals surface area contributed by atoms with Gasteiger partial charge in [0.25, 0.3) is 0 Å². The molecule has 0 bridgehead atoms. The molecule has 5 nitrogen and oxygen atoms in total. The Balaban J connectivity index is 1.60. The van der Waals surface area contributed by atoms with Gasteiger partial charge in [-0.3, -0.25) is 9.59 Å². The van der Waals surface area contributed by atoms with Crippen molar-refractivity contribution in [2.24, 2.45) is 5.92 Å². The highest BCUT2D eigenvalue weighted by atomic mass is 32.2. The molecule has 3 aromatic carbocycles. The van der Waals surface area contributed by atoms with Gasteiger partial charge in [-0.1, -0.05) is 42.7 Å². The van der Waals surface area contributed by atoms with Crippen molar-refractivity contribution >= 4 is 55.2 Å². The smallest absolute Gasteiger partial charge is 0.232 e. The molecule has 0 aliphatic heterocycles. The molecule has 4 rings (SSSR count). The standard InChI is InChI=1S/C31H31NO4S2/c1-6-38(32-31(34)20(2)3)24-14-11-21(12-15-24)26(33)16-13-22-17-25(28(36-5)19-27(22)35-4)30-18-23-9-7-8-10-29(23)37-30/h6-20H,1-5H3,(H,32,34)/b16-13+. The maximum absolute atomic E-state index is 13.0. The summed E-state index contributed by atoms with van der Waals surface area (Å²) < 4.78 is 15.5. The molecule has 0 aliphatic rings. The molecule has 0 aliphatic carbocycles. The summed E-state index contributed by atoms with van der Waals surface area (Å²) in [4.78, 5) is 27.2. The number of carbonyl (C=O) groups is 2. The second-order valence-electron chi connectivity index (χ2n) is 8.86. The number of benzene rings is 3. The number of nitrogens with one attached hydrogen (secondary N) is 1. The van der Waals surface area contributed by atoms with E-state index in [0.29, 0.717) is 17.1 Å². The van der Waals surface area contributed by atoms with Crippen LogP contribution in [0, 0.1) is 5.92 Å². The van der Waals surface area contributed by atoms with Crippen molar-refractivity contribution in [1.82, 2.24) is 4.72 Å². The van der Waals surface area contributed by atoms with Gasteiger partial charge in [-0.25, -0.2) is 0 Å². The summed E-state index contributed by atoms with van der Waals surface area (Å²) in [5, 5.41) is 3.13. The molecule has 38 heavy (non-hydrogen) atoms. The van der Waals surface area contributed by atoms with Gasteiger partial charge >= 0.3 is 0 Å². The Morgan fingerprint density at radius 1 is 0.947 bits per heavy atom. The Morgan fingerprint density at radius 3 is 2.29 bits per heavy atom. The molecule has 1 heterocycles. The van der Waals surface area contributed by atoms with E-state index in [9.17, 15) is 9.59 Å². The van der Waals surface area contributed by atoms with Crippen LogP contribution in [0.2, 0.25) is 0 Å². The average molecular weight is 546 g/mol. The van der Waals surface area contributed by atoms with Gasteiger partial charge in [0.05, 0.1) is 14.2 Å². The Labute approximate surface area is 230 Å². The van der Waals surface area contributed by atoms with E-state index in [1.54, 1.807) is 49.8 Å². The van der Waals surface area contributed by atoms with E-state index in [2.05, 4.69) is 22.9 Å². The number of fused-ring (bicyclic) bond motifs is 1. The lowest BCUT2D eigenvalue weighted by atomic mass is 10.0. The fraction of sp³-hybridized carbons (Fsp3) is 0.194. The molecular formula is C31H31NO4S2. The van der Waals surface area contributed by atoms with Crippen molar-refractivity contribution in [2.45, 2.75) is 25.7 Å². The fourth-order valence-electron chi connectivity index (χ4n) is 3.87. The van der Waals surface area contributed by atoms with E-state index in [4.69, 9.17) is 9.47 Å². The number of ketones is 1. The summed E-state index contributed by atoms with van der Waals surface area (Å²) in [7, 11) is 2.73. The van der Waals surface area contributed by atoms with Crippen molar-refractivity contribution in [3.8, 4) is 21.9 Å². The number of rotatable bonds is 9. The Morgan fingerprint density at radius 2 is 1.66 bits per heavy atom. The minimum atomic E-state index is -0.516. The lowest BCUT2D eigenvalue weighted by molar-refractivity contribution is -0.122. The summed E-state index contributed by atoms with van der Waals surface area (Å²) in [6.45, 7) is 5.65. The molecule has 0 saturated carbocycles. The van der Waals surface area contributed by atoms with Crippen LogP contribution >= 0.6 is 22.0 Å². The van der Waals surface area contributed by atoms with Crippen LogP contribution in [0.1, 0.15) is 36.7 Å². The first kappa shape index (κ1) is 27.4. The highest BCUT2D eigenvalue weighted by molar-refractivity contribution is 8.13. The van der Waals surface area contributed by atoms with Crippen LogP contribution in [-0.2, 0) is 4.79 Å². The predicted molar refractivity (Wildman–Crippen MR) is 161 cm³/mol. The van der Waals surface area contributed by atoms with E-state index in [1.165, 1.54) is 10.1 Å². The zero-order valence-corrected chi connectivity index (χ0v) is 23.7. The number of methoxy groups -OCH3 is 2. The molecular weight excluding hydrogens is 514 g/mol. The summed E-state index contributed by atoms with van der Waals surface area (Å²) >= 11 is 1.69. The first-order valence-corrected chi connectivity index (χ1v) is 14.4. The summed E-state index contributed by atoms with van der Waals surface area (Å²) in [6.07, 6.45) is 3.33. The normalized spacial score (nSPS) is 12.3. The third-order valence-electron chi connectivity index (χ3n) is 6.02. The molecule has 1 unspecified atom stereocenters. The molecule has 196 valence electrons. The highest BCUT2D eigenvalue weighted by Gasteiger charge is 2.15. The van der Waals surface area contributed by atoms with E-state index >= 15 is 0 Å². The summed E-state index contributed by atoms with van der Waals surface area (Å²) in [6, 6.07) is 21.6. The molecule has 1 aromatic heterocycles. The number of thiophene rings is 1. The van der Waals surface area contributed by atoms with E-state index in [-0.39, 0.29) is 17.6 Å². The number of allylic oxidation sites excluding steroid dienone is 1. The van der Waals surface area contributed by atoms with Gasteiger partial charge in [0.15, 0.2) is 5.78 Å². The van der Waals surface area contributed by atoms with Crippen molar-refractivity contribution in [1.29, 1.82) is 0 Å². The predicted octanol–water partition coefficient (Wildman–Crippen LogP) is 7.62. The third kappa shape index (κ3) is 6.06. The van der Waals surface area contributed by atoms with E-state index < -0.39 is 10.7 Å². The van der Waals surface area contributed by atoms with E-state index in [1.807, 2.05) is 62.5 Å². The largest absolute Gasteiger partial charge is 0.496 e. The maximum atomic E-state index is 13.0. The van der Waals surface area contributed by atoms with Crippen molar-refractivity contribution in [2.75, 3.05) is 14.2 Å². The topological polar surface area (TPSA) is 64.6 Å². The zero-order chi connectivity index (χ0) is 27.2. The van der Waals surface area contributed by atoms with Crippen LogP contribution < -0.4 is 14.2 Å². The quantitative estimate of drug-likeness (QED) is 0.133. The van der Waals surface area contributed by atoms with Gasteiger partial charge in [0.1, 0.15) is 11.5 Å². The maximum Gasteiger partial charge on any atom is 0.232 e. The van der Waals surface area contributed by atoms with Gasteiger partial charge < -0.3 is 14.2 Å². The minimum Gasteiger partial charge on any atom is -0.496 e.